The zero-order valence-corrected chi connectivity index (χ0v) is 15.3. The van der Waals surface area contributed by atoms with Crippen molar-refractivity contribution in [3.63, 3.8) is 0 Å². The maximum atomic E-state index is 6.62. The third kappa shape index (κ3) is 2.47. The Morgan fingerprint density at radius 3 is 1.35 bits per heavy atom. The van der Waals surface area contributed by atoms with Crippen LogP contribution in [0.4, 0.5) is 0 Å². The Labute approximate surface area is 120 Å². The SMILES string of the molecule is C=CC[P](CC=C)([Pd][Cl])(C(C)(C)C)C(C)(C)C. The van der Waals surface area contributed by atoms with Crippen molar-refractivity contribution in [3.8, 4) is 0 Å². The summed E-state index contributed by atoms with van der Waals surface area (Å²) in [5.41, 5.74) is 0. The summed E-state index contributed by atoms with van der Waals surface area (Å²) >= 11 is 0.242. The average molecular weight is 369 g/mol. The first-order valence-electron chi connectivity index (χ1n) is 5.97. The van der Waals surface area contributed by atoms with Gasteiger partial charge in [-0.15, -0.1) is 0 Å². The summed E-state index contributed by atoms with van der Waals surface area (Å²) in [6.45, 7) is 22.1. The van der Waals surface area contributed by atoms with Crippen LogP contribution in [0.15, 0.2) is 25.3 Å². The normalized spacial score (nSPS) is 16.3. The molecule has 0 aliphatic carbocycles. The minimum absolute atomic E-state index is 0.225. The Morgan fingerprint density at radius 2 is 1.24 bits per heavy atom. The molecule has 0 aliphatic heterocycles. The van der Waals surface area contributed by atoms with Crippen LogP contribution in [-0.2, 0) is 16.5 Å². The fourth-order valence-electron chi connectivity index (χ4n) is 2.90. The summed E-state index contributed by atoms with van der Waals surface area (Å²) in [5, 5.41) is 0.449. The van der Waals surface area contributed by atoms with Crippen LogP contribution in [0.5, 0.6) is 0 Å². The first-order chi connectivity index (χ1) is 7.52. The molecule has 0 radical (unpaired) electrons. The topological polar surface area (TPSA) is 0 Å². The van der Waals surface area contributed by atoms with Crippen LogP contribution in [-0.4, -0.2) is 22.6 Å². The minimum atomic E-state index is -2.13. The molecular formula is C14H28ClPPd. The molecule has 0 N–H and O–H groups in total. The fraction of sp³-hybridized carbons (Fsp3) is 0.714. The van der Waals surface area contributed by atoms with Gasteiger partial charge >= 0.3 is 120 Å². The van der Waals surface area contributed by atoms with Gasteiger partial charge < -0.3 is 0 Å². The van der Waals surface area contributed by atoms with Gasteiger partial charge in [-0.2, -0.15) is 0 Å². The van der Waals surface area contributed by atoms with Crippen molar-refractivity contribution < 1.29 is 16.5 Å². The van der Waals surface area contributed by atoms with E-state index in [1.165, 1.54) is 0 Å². The van der Waals surface area contributed by atoms with E-state index in [0.717, 1.165) is 12.3 Å². The Kier molecular flexibility index (Phi) is 5.74. The van der Waals surface area contributed by atoms with Crippen molar-refractivity contribution in [2.75, 3.05) is 12.3 Å². The predicted octanol–water partition coefficient (Wildman–Crippen LogP) is 5.66. The number of rotatable bonds is 5. The summed E-state index contributed by atoms with van der Waals surface area (Å²) in [7, 11) is 6.62. The van der Waals surface area contributed by atoms with Crippen molar-refractivity contribution >= 4 is 14.3 Å². The molecule has 0 nitrogen and oxygen atoms in total. The van der Waals surface area contributed by atoms with Gasteiger partial charge in [-0.3, -0.25) is 0 Å². The van der Waals surface area contributed by atoms with Crippen molar-refractivity contribution in [1.82, 2.24) is 0 Å². The van der Waals surface area contributed by atoms with Crippen molar-refractivity contribution in [2.24, 2.45) is 0 Å². The number of halogens is 1. The van der Waals surface area contributed by atoms with E-state index in [9.17, 15) is 0 Å². The van der Waals surface area contributed by atoms with Gasteiger partial charge in [0.1, 0.15) is 0 Å². The molecule has 0 aliphatic rings. The molecule has 0 aromatic rings. The number of hydrogen-bond donors (Lipinski definition) is 0. The van der Waals surface area contributed by atoms with Gasteiger partial charge in [-0.1, -0.05) is 0 Å². The summed E-state index contributed by atoms with van der Waals surface area (Å²) in [6.07, 6.45) is 6.28. The van der Waals surface area contributed by atoms with Gasteiger partial charge in [-0.05, 0) is 0 Å². The second-order valence-electron chi connectivity index (χ2n) is 6.65. The van der Waals surface area contributed by atoms with Crippen LogP contribution >= 0.6 is 14.3 Å². The molecule has 0 saturated carbocycles. The zero-order valence-electron chi connectivity index (χ0n) is 12.1. The molecule has 0 amide bonds. The van der Waals surface area contributed by atoms with Crippen molar-refractivity contribution in [1.29, 1.82) is 0 Å². The molecule has 0 spiro atoms. The molecule has 0 bridgehead atoms. The van der Waals surface area contributed by atoms with E-state index in [0.29, 0.717) is 0 Å². The third-order valence-electron chi connectivity index (χ3n) is 4.12. The molecule has 0 atom stereocenters. The van der Waals surface area contributed by atoms with Crippen LogP contribution in [0.3, 0.4) is 0 Å². The van der Waals surface area contributed by atoms with Gasteiger partial charge in [0.05, 0.1) is 0 Å². The van der Waals surface area contributed by atoms with Gasteiger partial charge in [-0.25, -0.2) is 0 Å². The molecule has 106 valence electrons. The second kappa shape index (κ2) is 5.47. The monoisotopic (exact) mass is 368 g/mol. The summed E-state index contributed by atoms with van der Waals surface area (Å²) in [5.74, 6) is 0. The van der Waals surface area contributed by atoms with E-state index < -0.39 is 4.79 Å². The van der Waals surface area contributed by atoms with Crippen LogP contribution in [0.25, 0.3) is 0 Å². The number of hydrogen-bond acceptors (Lipinski definition) is 0. The van der Waals surface area contributed by atoms with Crippen LogP contribution in [0.2, 0.25) is 0 Å². The van der Waals surface area contributed by atoms with E-state index in [-0.39, 0.29) is 26.8 Å². The fourth-order valence-corrected chi connectivity index (χ4v) is 20.2. The third-order valence-corrected chi connectivity index (χ3v) is 26.8. The van der Waals surface area contributed by atoms with Gasteiger partial charge in [0.2, 0.25) is 0 Å². The molecule has 3 heteroatoms. The second-order valence-corrected chi connectivity index (χ2v) is 20.5. The number of allylic oxidation sites excluding steroid dienone is 2. The van der Waals surface area contributed by atoms with E-state index in [2.05, 4.69) is 66.9 Å². The maximum absolute atomic E-state index is 6.62. The van der Waals surface area contributed by atoms with E-state index >= 15 is 0 Å². The molecular weight excluding hydrogens is 341 g/mol. The van der Waals surface area contributed by atoms with Crippen molar-refractivity contribution in [3.05, 3.63) is 25.3 Å². The van der Waals surface area contributed by atoms with E-state index in [1.807, 2.05) is 0 Å². The van der Waals surface area contributed by atoms with Gasteiger partial charge in [0.25, 0.3) is 0 Å². The van der Waals surface area contributed by atoms with Gasteiger partial charge in [0.15, 0.2) is 0 Å². The quantitative estimate of drug-likeness (QED) is 0.333. The van der Waals surface area contributed by atoms with E-state index in [1.54, 1.807) is 0 Å². The van der Waals surface area contributed by atoms with Crippen LogP contribution in [0.1, 0.15) is 41.5 Å². The molecule has 0 aromatic heterocycles. The Morgan fingerprint density at radius 1 is 0.941 bits per heavy atom. The average Bonchev–Trinajstić information content (AvgIpc) is 2.13. The Balaban J connectivity index is 6.24. The Hall–Kier alpha value is 0.862. The molecule has 17 heavy (non-hydrogen) atoms. The van der Waals surface area contributed by atoms with Crippen LogP contribution in [0, 0.1) is 0 Å². The molecule has 0 unspecified atom stereocenters. The molecule has 0 rings (SSSR count). The van der Waals surface area contributed by atoms with Crippen LogP contribution < -0.4 is 0 Å². The predicted molar refractivity (Wildman–Crippen MR) is 82.4 cm³/mol. The van der Waals surface area contributed by atoms with Crippen molar-refractivity contribution in [2.45, 2.75) is 51.9 Å². The first kappa shape index (κ1) is 17.9. The molecule has 0 aromatic carbocycles. The summed E-state index contributed by atoms with van der Waals surface area (Å²) < 4.78 is 0. The molecule has 0 saturated heterocycles. The Bertz CT molecular complexity index is 268. The zero-order chi connectivity index (χ0) is 14.0. The summed E-state index contributed by atoms with van der Waals surface area (Å²) in [6, 6.07) is 0. The standard InChI is InChI=1S/C14H28P.ClH.Pd/c1-9-11-15(12-10-2,13(3,4)5)14(6,7)8;;/h9-10H,1-2,11-12H2,3-8H3;1H;/q+1;;/p-1. The molecule has 0 heterocycles. The van der Waals surface area contributed by atoms with Gasteiger partial charge in [0, 0.05) is 0 Å². The van der Waals surface area contributed by atoms with E-state index in [4.69, 9.17) is 9.53 Å². The first-order valence-corrected chi connectivity index (χ1v) is 12.5. The molecule has 0 fully saturated rings. The summed E-state index contributed by atoms with van der Waals surface area (Å²) in [4.78, 5) is -2.13.